The Hall–Kier alpha value is -2.90. The molecule has 1 heterocycles. The number of carbonyl (C=O) groups excluding carboxylic acids is 3. The molecule has 1 aliphatic heterocycles. The van der Waals surface area contributed by atoms with Crippen molar-refractivity contribution in [3.05, 3.63) is 23.8 Å². The zero-order valence-corrected chi connectivity index (χ0v) is 16.6. The molecule has 8 nitrogen and oxygen atoms in total. The second-order valence-corrected chi connectivity index (χ2v) is 6.24. The van der Waals surface area contributed by atoms with Crippen LogP contribution < -0.4 is 9.47 Å². The SMILES string of the molecule is CCOC(=O)C1(C(=O)OCC)C=[N+](CCc2ccc(OC)c(OC)c2)C(=O)C1. The highest BCUT2D eigenvalue weighted by Crippen LogP contribution is 2.30. The van der Waals surface area contributed by atoms with Gasteiger partial charge >= 0.3 is 17.8 Å². The van der Waals surface area contributed by atoms with Gasteiger partial charge in [0.2, 0.25) is 0 Å². The predicted molar refractivity (Wildman–Crippen MR) is 99.8 cm³/mol. The second kappa shape index (κ2) is 9.34. The molecule has 0 aliphatic carbocycles. The molecule has 0 atom stereocenters. The topological polar surface area (TPSA) is 91.1 Å². The summed E-state index contributed by atoms with van der Waals surface area (Å²) < 4.78 is 21.9. The number of amides is 1. The smallest absolute Gasteiger partial charge is 0.389 e. The number of nitrogens with zero attached hydrogens (tertiary/aromatic N) is 1. The van der Waals surface area contributed by atoms with Gasteiger partial charge in [0.1, 0.15) is 6.42 Å². The number of benzene rings is 1. The molecule has 28 heavy (non-hydrogen) atoms. The highest BCUT2D eigenvalue weighted by Gasteiger charge is 2.59. The van der Waals surface area contributed by atoms with Gasteiger partial charge in [-0.3, -0.25) is 9.59 Å². The fourth-order valence-electron chi connectivity index (χ4n) is 3.05. The Kier molecular flexibility index (Phi) is 7.14. The van der Waals surface area contributed by atoms with Crippen LogP contribution in [0.3, 0.4) is 0 Å². The van der Waals surface area contributed by atoms with Gasteiger partial charge in [0.25, 0.3) is 5.41 Å². The third kappa shape index (κ3) is 4.32. The number of hydrogen-bond donors (Lipinski definition) is 0. The van der Waals surface area contributed by atoms with Crippen LogP contribution in [0, 0.1) is 5.41 Å². The predicted octanol–water partition coefficient (Wildman–Crippen LogP) is 1.37. The van der Waals surface area contributed by atoms with Crippen molar-refractivity contribution in [1.82, 2.24) is 0 Å². The van der Waals surface area contributed by atoms with Crippen molar-refractivity contribution >= 4 is 24.1 Å². The van der Waals surface area contributed by atoms with E-state index in [0.717, 1.165) is 5.56 Å². The molecule has 0 saturated heterocycles. The molecule has 1 amide bonds. The lowest BCUT2D eigenvalue weighted by atomic mass is 9.87. The van der Waals surface area contributed by atoms with Crippen molar-refractivity contribution in [3.8, 4) is 11.5 Å². The number of ether oxygens (including phenoxy) is 4. The van der Waals surface area contributed by atoms with E-state index in [9.17, 15) is 14.4 Å². The number of rotatable bonds is 9. The molecule has 0 spiro atoms. The van der Waals surface area contributed by atoms with Crippen LogP contribution in [0.25, 0.3) is 0 Å². The summed E-state index contributed by atoms with van der Waals surface area (Å²) in [6, 6.07) is 5.47. The summed E-state index contributed by atoms with van der Waals surface area (Å²) in [6.07, 6.45) is 1.55. The Bertz CT molecular complexity index is 767. The third-order valence-electron chi connectivity index (χ3n) is 4.50. The molecule has 0 aromatic heterocycles. The molecule has 1 aliphatic rings. The molecule has 0 saturated carbocycles. The fraction of sp³-hybridized carbons (Fsp3) is 0.500. The van der Waals surface area contributed by atoms with Gasteiger partial charge in [0.05, 0.1) is 27.4 Å². The number of carbonyl (C=O) groups is 3. The minimum atomic E-state index is -1.72. The van der Waals surface area contributed by atoms with E-state index < -0.39 is 17.4 Å². The van der Waals surface area contributed by atoms with Crippen LogP contribution in [0.1, 0.15) is 25.8 Å². The van der Waals surface area contributed by atoms with Crippen molar-refractivity contribution in [1.29, 1.82) is 0 Å². The van der Waals surface area contributed by atoms with E-state index in [1.165, 1.54) is 10.8 Å². The molecular formula is C20H26NO7+. The van der Waals surface area contributed by atoms with Crippen molar-refractivity contribution in [3.63, 3.8) is 0 Å². The first-order valence-corrected chi connectivity index (χ1v) is 9.12. The highest BCUT2D eigenvalue weighted by atomic mass is 16.6. The quantitative estimate of drug-likeness (QED) is 0.356. The zero-order valence-electron chi connectivity index (χ0n) is 16.6. The lowest BCUT2D eigenvalue weighted by molar-refractivity contribution is -0.439. The van der Waals surface area contributed by atoms with Gasteiger partial charge in [-0.1, -0.05) is 6.07 Å². The van der Waals surface area contributed by atoms with E-state index in [0.29, 0.717) is 24.5 Å². The lowest BCUT2D eigenvalue weighted by Gasteiger charge is -2.17. The Labute approximate surface area is 164 Å². The van der Waals surface area contributed by atoms with Crippen LogP contribution in [0.4, 0.5) is 0 Å². The van der Waals surface area contributed by atoms with E-state index in [1.807, 2.05) is 12.1 Å². The Balaban J connectivity index is 2.23. The maximum absolute atomic E-state index is 12.5. The molecule has 2 rings (SSSR count). The van der Waals surface area contributed by atoms with Gasteiger partial charge in [0, 0.05) is 6.42 Å². The first-order chi connectivity index (χ1) is 13.4. The molecule has 0 N–H and O–H groups in total. The van der Waals surface area contributed by atoms with Crippen LogP contribution in [0.2, 0.25) is 0 Å². The van der Waals surface area contributed by atoms with E-state index in [4.69, 9.17) is 18.9 Å². The maximum atomic E-state index is 12.5. The fourth-order valence-corrected chi connectivity index (χ4v) is 3.05. The average molecular weight is 392 g/mol. The van der Waals surface area contributed by atoms with E-state index in [1.54, 1.807) is 34.1 Å². The summed E-state index contributed by atoms with van der Waals surface area (Å²) in [5.41, 5.74) is -0.802. The summed E-state index contributed by atoms with van der Waals surface area (Å²) in [5, 5.41) is 0. The first kappa shape index (κ1) is 21.4. The van der Waals surface area contributed by atoms with Gasteiger partial charge in [-0.25, -0.2) is 4.79 Å². The molecule has 0 bridgehead atoms. The average Bonchev–Trinajstić information content (AvgIpc) is 3.04. The normalized spacial score (nSPS) is 15.0. The number of esters is 2. The lowest BCUT2D eigenvalue weighted by Crippen LogP contribution is -2.42. The van der Waals surface area contributed by atoms with Gasteiger partial charge in [0.15, 0.2) is 24.3 Å². The maximum Gasteiger partial charge on any atom is 0.389 e. The van der Waals surface area contributed by atoms with Gasteiger partial charge < -0.3 is 18.9 Å². The summed E-state index contributed by atoms with van der Waals surface area (Å²) in [4.78, 5) is 37.4. The molecule has 0 radical (unpaired) electrons. The van der Waals surface area contributed by atoms with Gasteiger partial charge in [-0.2, -0.15) is 4.58 Å². The van der Waals surface area contributed by atoms with Gasteiger partial charge in [-0.15, -0.1) is 0 Å². The Morgan fingerprint density at radius 1 is 1.04 bits per heavy atom. The summed E-state index contributed by atoms with van der Waals surface area (Å²) >= 11 is 0. The minimum Gasteiger partial charge on any atom is -0.493 e. The first-order valence-electron chi connectivity index (χ1n) is 9.12. The van der Waals surface area contributed by atoms with Crippen LogP contribution in [0.5, 0.6) is 11.5 Å². The summed E-state index contributed by atoms with van der Waals surface area (Å²) in [5.74, 6) is -0.671. The molecule has 1 aromatic carbocycles. The van der Waals surface area contributed by atoms with Crippen molar-refractivity contribution in [2.45, 2.75) is 26.7 Å². The standard InChI is InChI=1S/C20H26NO7/c1-5-27-18(23)20(19(24)28-6-2)12-17(22)21(13-20)10-9-14-7-8-15(25-3)16(11-14)26-4/h7-8,11,13H,5-6,9-10,12H2,1-4H3/q+1. The summed E-state index contributed by atoms with van der Waals surface area (Å²) in [7, 11) is 3.10. The van der Waals surface area contributed by atoms with Crippen LogP contribution in [0.15, 0.2) is 18.2 Å². The van der Waals surface area contributed by atoms with E-state index in [-0.39, 0.29) is 25.5 Å². The highest BCUT2D eigenvalue weighted by molar-refractivity contribution is 6.18. The van der Waals surface area contributed by atoms with Crippen LogP contribution in [-0.2, 0) is 30.3 Å². The van der Waals surface area contributed by atoms with Crippen molar-refractivity contribution in [2.24, 2.45) is 5.41 Å². The number of hydrogen-bond acceptors (Lipinski definition) is 7. The molecule has 0 unspecified atom stereocenters. The minimum absolute atomic E-state index is 0.105. The molecule has 1 aromatic rings. The molecule has 8 heteroatoms. The van der Waals surface area contributed by atoms with Crippen molar-refractivity contribution < 1.29 is 37.9 Å². The summed E-state index contributed by atoms with van der Waals surface area (Å²) in [6.45, 7) is 3.79. The Morgan fingerprint density at radius 3 is 2.18 bits per heavy atom. The van der Waals surface area contributed by atoms with Crippen molar-refractivity contribution in [2.75, 3.05) is 34.0 Å². The molecule has 152 valence electrons. The molecule has 0 fully saturated rings. The number of methoxy groups -OCH3 is 2. The van der Waals surface area contributed by atoms with Gasteiger partial charge in [-0.05, 0) is 31.5 Å². The zero-order chi connectivity index (χ0) is 20.7. The largest absolute Gasteiger partial charge is 0.493 e. The van der Waals surface area contributed by atoms with E-state index in [2.05, 4.69) is 0 Å². The second-order valence-electron chi connectivity index (χ2n) is 6.24. The third-order valence-corrected chi connectivity index (χ3v) is 4.50. The van der Waals surface area contributed by atoms with Crippen LogP contribution >= 0.6 is 0 Å². The molecular weight excluding hydrogens is 366 g/mol. The van der Waals surface area contributed by atoms with E-state index >= 15 is 0 Å². The Morgan fingerprint density at radius 2 is 1.64 bits per heavy atom. The van der Waals surface area contributed by atoms with Crippen LogP contribution in [-0.4, -0.2) is 62.6 Å². The monoisotopic (exact) mass is 392 g/mol.